The lowest BCUT2D eigenvalue weighted by Crippen LogP contribution is -2.44. The maximum absolute atomic E-state index is 12.8. The van der Waals surface area contributed by atoms with Gasteiger partial charge in [0.25, 0.3) is 5.56 Å². The maximum Gasteiger partial charge on any atom is 0.366 e. The molecule has 144 valence electrons. The van der Waals surface area contributed by atoms with Gasteiger partial charge in [-0.15, -0.1) is 22.7 Å². The molecule has 0 fully saturated rings. The quantitative estimate of drug-likeness (QED) is 0.381. The van der Waals surface area contributed by atoms with Gasteiger partial charge in [0.2, 0.25) is 0 Å². The molecule has 5 N–H and O–H groups in total. The monoisotopic (exact) mass is 431 g/mol. The van der Waals surface area contributed by atoms with Gasteiger partial charge < -0.3 is 20.6 Å². The van der Waals surface area contributed by atoms with Crippen LogP contribution in [0.15, 0.2) is 32.5 Å². The summed E-state index contributed by atoms with van der Waals surface area (Å²) in [5.74, 6) is -1.30. The summed E-state index contributed by atoms with van der Waals surface area (Å²) in [6.45, 7) is -0.700. The first-order chi connectivity index (χ1) is 12.6. The Hall–Kier alpha value is -2.08. The molecule has 3 aromatic heterocycles. The first kappa shape index (κ1) is 19.7. The summed E-state index contributed by atoms with van der Waals surface area (Å²) in [5.41, 5.74) is 4.54. The fourth-order valence-electron chi connectivity index (χ4n) is 2.60. The van der Waals surface area contributed by atoms with Crippen molar-refractivity contribution in [1.29, 1.82) is 0 Å². The average Bonchev–Trinajstić information content (AvgIpc) is 3.23. The van der Waals surface area contributed by atoms with Crippen molar-refractivity contribution in [1.82, 2.24) is 9.13 Å². The number of nitrogens with zero attached hydrogens (tertiary/aromatic N) is 2. The van der Waals surface area contributed by atoms with Gasteiger partial charge in [0.1, 0.15) is 15.4 Å². The molecule has 0 saturated heterocycles. The van der Waals surface area contributed by atoms with Crippen LogP contribution in [0.4, 0.5) is 0 Å². The molecule has 0 radical (unpaired) electrons. The number of carboxylic acid groups (broad SMARTS) is 1. The third-order valence-corrected chi connectivity index (χ3v) is 7.34. The fourth-order valence-corrected chi connectivity index (χ4v) is 5.34. The standard InChI is InChI=1S/C14H14N3O7PS2/c15-8(12(19)20)6-16-9-2-4-26-10(9)11(18)17(14(16)21)5-7-1-3-27-13(7)25(22,23)24/h1-4,8H,5-6,15H2,(H,19,20)(H2,22,23,24)/t8-/m0/s1. The third kappa shape index (κ3) is 3.68. The van der Waals surface area contributed by atoms with Crippen molar-refractivity contribution in [3.8, 4) is 0 Å². The number of rotatable bonds is 6. The van der Waals surface area contributed by atoms with Crippen molar-refractivity contribution < 1.29 is 24.3 Å². The summed E-state index contributed by atoms with van der Waals surface area (Å²) >= 11 is 1.91. The Balaban J connectivity index is 2.18. The van der Waals surface area contributed by atoms with E-state index in [1.165, 1.54) is 17.5 Å². The van der Waals surface area contributed by atoms with E-state index < -0.39 is 30.9 Å². The van der Waals surface area contributed by atoms with E-state index >= 15 is 0 Å². The fraction of sp³-hybridized carbons (Fsp3) is 0.214. The van der Waals surface area contributed by atoms with E-state index in [4.69, 9.17) is 10.8 Å². The molecule has 3 aromatic rings. The van der Waals surface area contributed by atoms with Gasteiger partial charge in [-0.2, -0.15) is 0 Å². The van der Waals surface area contributed by atoms with Gasteiger partial charge in [0, 0.05) is 0 Å². The molecule has 0 amide bonds. The van der Waals surface area contributed by atoms with Gasteiger partial charge in [-0.1, -0.05) is 0 Å². The minimum absolute atomic E-state index is 0.150. The number of aromatic nitrogens is 2. The van der Waals surface area contributed by atoms with Crippen molar-refractivity contribution in [2.24, 2.45) is 5.73 Å². The van der Waals surface area contributed by atoms with Crippen LogP contribution in [0.5, 0.6) is 0 Å². The molecular weight excluding hydrogens is 417 g/mol. The average molecular weight is 431 g/mol. The molecule has 0 aliphatic heterocycles. The summed E-state index contributed by atoms with van der Waals surface area (Å²) < 4.78 is 13.5. The van der Waals surface area contributed by atoms with Crippen LogP contribution in [0.3, 0.4) is 0 Å². The van der Waals surface area contributed by atoms with E-state index in [1.807, 2.05) is 0 Å². The zero-order chi connectivity index (χ0) is 19.9. The summed E-state index contributed by atoms with van der Waals surface area (Å²) in [5, 5.41) is 12.1. The predicted molar refractivity (Wildman–Crippen MR) is 101 cm³/mol. The van der Waals surface area contributed by atoms with Gasteiger partial charge in [0.15, 0.2) is 0 Å². The van der Waals surface area contributed by atoms with Crippen LogP contribution in [0, 0.1) is 0 Å². The number of aliphatic carboxylic acids is 1. The zero-order valence-electron chi connectivity index (χ0n) is 13.5. The van der Waals surface area contributed by atoms with E-state index in [-0.39, 0.29) is 33.5 Å². The Kier molecular flexibility index (Phi) is 5.21. The topological polar surface area (TPSA) is 165 Å². The minimum atomic E-state index is -4.56. The van der Waals surface area contributed by atoms with Crippen LogP contribution >= 0.6 is 30.3 Å². The van der Waals surface area contributed by atoms with Gasteiger partial charge in [-0.05, 0) is 28.5 Å². The highest BCUT2D eigenvalue weighted by Crippen LogP contribution is 2.37. The lowest BCUT2D eigenvalue weighted by molar-refractivity contribution is -0.138. The molecular formula is C14H14N3O7PS2. The first-order valence-electron chi connectivity index (χ1n) is 7.43. The number of fused-ring (bicyclic) bond motifs is 1. The number of hydrogen-bond donors (Lipinski definition) is 4. The van der Waals surface area contributed by atoms with Crippen molar-refractivity contribution in [3.05, 3.63) is 49.3 Å². The van der Waals surface area contributed by atoms with E-state index in [0.717, 1.165) is 31.8 Å². The molecule has 10 nitrogen and oxygen atoms in total. The molecule has 3 heterocycles. The van der Waals surface area contributed by atoms with E-state index in [2.05, 4.69) is 0 Å². The Morgan fingerprint density at radius 1 is 1.19 bits per heavy atom. The molecule has 1 atom stereocenters. The molecule has 0 bridgehead atoms. The molecule has 0 spiro atoms. The van der Waals surface area contributed by atoms with Gasteiger partial charge in [-0.25, -0.2) is 4.79 Å². The Bertz CT molecular complexity index is 1190. The second kappa shape index (κ2) is 7.15. The lowest BCUT2D eigenvalue weighted by Gasteiger charge is -2.14. The van der Waals surface area contributed by atoms with Crippen LogP contribution in [-0.4, -0.2) is 36.0 Å². The van der Waals surface area contributed by atoms with E-state index in [0.29, 0.717) is 0 Å². The van der Waals surface area contributed by atoms with Crippen LogP contribution in [-0.2, 0) is 22.4 Å². The van der Waals surface area contributed by atoms with Crippen molar-refractivity contribution >= 4 is 51.1 Å². The number of carbonyl (C=O) groups is 1. The van der Waals surface area contributed by atoms with Crippen molar-refractivity contribution in [2.75, 3.05) is 0 Å². The first-order valence-corrected chi connectivity index (χ1v) is 10.8. The summed E-state index contributed by atoms with van der Waals surface area (Å²) in [6.07, 6.45) is 0. The second-order valence-electron chi connectivity index (χ2n) is 5.66. The minimum Gasteiger partial charge on any atom is -0.480 e. The smallest absolute Gasteiger partial charge is 0.366 e. The van der Waals surface area contributed by atoms with Gasteiger partial charge in [-0.3, -0.25) is 23.3 Å². The highest BCUT2D eigenvalue weighted by Gasteiger charge is 2.25. The summed E-state index contributed by atoms with van der Waals surface area (Å²) in [6, 6.07) is 1.59. The Labute approximate surface area is 158 Å². The van der Waals surface area contributed by atoms with Crippen molar-refractivity contribution in [3.63, 3.8) is 0 Å². The van der Waals surface area contributed by atoms with Crippen molar-refractivity contribution in [2.45, 2.75) is 19.1 Å². The Morgan fingerprint density at radius 3 is 2.48 bits per heavy atom. The SMILES string of the molecule is N[C@@H](Cn1c(=O)n(Cc2ccsc2P(=O)(O)O)c(=O)c2sccc21)C(=O)O. The number of thiophene rings is 2. The number of hydrogen-bond acceptors (Lipinski definition) is 7. The molecule has 0 saturated carbocycles. The molecule has 13 heteroatoms. The number of nitrogens with two attached hydrogens (primary N) is 1. The molecule has 3 rings (SSSR count). The molecule has 27 heavy (non-hydrogen) atoms. The maximum atomic E-state index is 12.8. The third-order valence-electron chi connectivity index (χ3n) is 3.85. The largest absolute Gasteiger partial charge is 0.480 e. The van der Waals surface area contributed by atoms with Gasteiger partial charge in [0.05, 0.1) is 18.6 Å². The molecule has 0 aliphatic carbocycles. The lowest BCUT2D eigenvalue weighted by atomic mass is 10.3. The van der Waals surface area contributed by atoms with Crippen LogP contribution in [0.2, 0.25) is 0 Å². The highest BCUT2D eigenvalue weighted by molar-refractivity contribution is 7.67. The van der Waals surface area contributed by atoms with Crippen LogP contribution in [0.1, 0.15) is 5.56 Å². The predicted octanol–water partition coefficient (Wildman–Crippen LogP) is -0.451. The zero-order valence-corrected chi connectivity index (χ0v) is 16.0. The normalized spacial score (nSPS) is 13.1. The highest BCUT2D eigenvalue weighted by atomic mass is 32.1. The molecule has 0 aromatic carbocycles. The van der Waals surface area contributed by atoms with Gasteiger partial charge >= 0.3 is 19.3 Å². The van der Waals surface area contributed by atoms with E-state index in [9.17, 15) is 28.7 Å². The van der Waals surface area contributed by atoms with Crippen LogP contribution < -0.4 is 21.6 Å². The summed E-state index contributed by atoms with van der Waals surface area (Å²) in [4.78, 5) is 55.4. The van der Waals surface area contributed by atoms with E-state index in [1.54, 1.807) is 5.38 Å². The molecule has 0 unspecified atom stereocenters. The molecule has 0 aliphatic rings. The second-order valence-corrected chi connectivity index (χ2v) is 9.33. The van der Waals surface area contributed by atoms with Crippen LogP contribution in [0.25, 0.3) is 10.2 Å². The number of carboxylic acids is 1. The Morgan fingerprint density at radius 2 is 1.85 bits per heavy atom. The summed E-state index contributed by atoms with van der Waals surface area (Å²) in [7, 11) is -4.56.